The predicted molar refractivity (Wildman–Crippen MR) is 54.6 cm³/mol. The maximum absolute atomic E-state index is 10.9. The zero-order valence-corrected chi connectivity index (χ0v) is 9.39. The molecule has 3 nitrogen and oxygen atoms in total. The third-order valence-corrected chi connectivity index (χ3v) is 1.42. The first-order valence-corrected chi connectivity index (χ1v) is 4.73. The average molecular weight is 187 g/mol. The van der Waals surface area contributed by atoms with Gasteiger partial charge in [-0.1, -0.05) is 13.8 Å². The van der Waals surface area contributed by atoms with E-state index in [4.69, 9.17) is 0 Å². The van der Waals surface area contributed by atoms with Gasteiger partial charge < -0.3 is 9.69 Å². The average Bonchev–Trinajstić information content (AvgIpc) is 2.07. The lowest BCUT2D eigenvalue weighted by atomic mass is 10.2. The van der Waals surface area contributed by atoms with Crippen LogP contribution in [-0.2, 0) is 9.59 Å². The number of nitrogens with zero attached hydrogens (tertiary/aromatic N) is 1. The molecule has 0 aromatic rings. The Hall–Kier alpha value is -0.860. The lowest BCUT2D eigenvalue weighted by Crippen LogP contribution is -2.21. The van der Waals surface area contributed by atoms with Crippen LogP contribution in [0.5, 0.6) is 0 Å². The number of rotatable bonds is 4. The Bertz CT molecular complexity index is 153. The summed E-state index contributed by atoms with van der Waals surface area (Å²) in [5.41, 5.74) is 0. The van der Waals surface area contributed by atoms with Gasteiger partial charge in [0.15, 0.2) is 0 Å². The van der Waals surface area contributed by atoms with Crippen molar-refractivity contribution < 1.29 is 9.59 Å². The number of ketones is 1. The van der Waals surface area contributed by atoms with Crippen LogP contribution in [-0.4, -0.2) is 30.7 Å². The van der Waals surface area contributed by atoms with Crippen LogP contribution in [0.15, 0.2) is 0 Å². The molecule has 0 aliphatic carbocycles. The maximum atomic E-state index is 10.9. The first-order valence-electron chi connectivity index (χ1n) is 4.73. The second kappa shape index (κ2) is 9.23. The summed E-state index contributed by atoms with van der Waals surface area (Å²) in [6.45, 7) is 5.54. The van der Waals surface area contributed by atoms with Gasteiger partial charge in [0.2, 0.25) is 5.91 Å². The summed E-state index contributed by atoms with van der Waals surface area (Å²) < 4.78 is 0. The summed E-state index contributed by atoms with van der Waals surface area (Å²) in [5.74, 6) is 0.239. The molecular weight excluding hydrogens is 166 g/mol. The van der Waals surface area contributed by atoms with E-state index in [9.17, 15) is 9.59 Å². The minimum Gasteiger partial charge on any atom is -0.349 e. The van der Waals surface area contributed by atoms with Gasteiger partial charge in [-0.2, -0.15) is 0 Å². The zero-order valence-electron chi connectivity index (χ0n) is 9.39. The minimum absolute atomic E-state index is 0.0891. The molecule has 78 valence electrons. The highest BCUT2D eigenvalue weighted by Gasteiger charge is 2.03. The second-order valence-electron chi connectivity index (χ2n) is 2.84. The molecule has 0 unspecified atom stereocenters. The molecule has 1 amide bonds. The molecule has 13 heavy (non-hydrogen) atoms. The van der Waals surface area contributed by atoms with Crippen molar-refractivity contribution in [3.8, 4) is 0 Å². The highest BCUT2D eigenvalue weighted by molar-refractivity contribution is 5.78. The molecule has 0 radical (unpaired) electrons. The van der Waals surface area contributed by atoms with Crippen molar-refractivity contribution in [3.63, 3.8) is 0 Å². The Morgan fingerprint density at radius 1 is 1.08 bits per heavy atom. The molecule has 0 spiro atoms. The first kappa shape index (κ1) is 14.7. The summed E-state index contributed by atoms with van der Waals surface area (Å²) in [6, 6.07) is 0. The van der Waals surface area contributed by atoms with Crippen LogP contribution in [0.2, 0.25) is 0 Å². The fraction of sp³-hybridized carbons (Fsp3) is 0.800. The zero-order chi connectivity index (χ0) is 10.9. The van der Waals surface area contributed by atoms with E-state index in [0.717, 1.165) is 0 Å². The number of hydrogen-bond acceptors (Lipinski definition) is 2. The highest BCUT2D eigenvalue weighted by atomic mass is 16.2. The topological polar surface area (TPSA) is 37.4 Å². The van der Waals surface area contributed by atoms with E-state index < -0.39 is 0 Å². The molecule has 0 saturated carbocycles. The molecular formula is C10H21NO2. The molecule has 0 rings (SSSR count). The van der Waals surface area contributed by atoms with E-state index in [2.05, 4.69) is 0 Å². The van der Waals surface area contributed by atoms with Crippen molar-refractivity contribution in [2.75, 3.05) is 14.1 Å². The molecule has 0 aliphatic heterocycles. The summed E-state index contributed by atoms with van der Waals surface area (Å²) in [5, 5.41) is 0. The van der Waals surface area contributed by atoms with Gasteiger partial charge >= 0.3 is 0 Å². The number of Topliss-reactive ketones (excluding diaryl/α,β-unsaturated/α-hetero) is 1. The standard InChI is InChI=1S/C8H15NO2.C2H6/c1-7(10)5-4-6-8(11)9(2)3;1-2/h4-6H2,1-3H3;1-2H3. The fourth-order valence-corrected chi connectivity index (χ4v) is 0.712. The fourth-order valence-electron chi connectivity index (χ4n) is 0.712. The summed E-state index contributed by atoms with van der Waals surface area (Å²) in [7, 11) is 3.44. The number of carbonyl (C=O) groups excluding carboxylic acids is 2. The lowest BCUT2D eigenvalue weighted by Gasteiger charge is -2.08. The van der Waals surface area contributed by atoms with Crippen LogP contribution in [0.25, 0.3) is 0 Å². The van der Waals surface area contributed by atoms with Crippen molar-refractivity contribution in [2.24, 2.45) is 0 Å². The Morgan fingerprint density at radius 3 is 1.85 bits per heavy atom. The molecule has 0 fully saturated rings. The normalized spacial score (nSPS) is 8.38. The molecule has 0 saturated heterocycles. The third-order valence-electron chi connectivity index (χ3n) is 1.42. The van der Waals surface area contributed by atoms with Gasteiger partial charge in [0.25, 0.3) is 0 Å². The maximum Gasteiger partial charge on any atom is 0.222 e. The van der Waals surface area contributed by atoms with Gasteiger partial charge in [0, 0.05) is 26.9 Å². The highest BCUT2D eigenvalue weighted by Crippen LogP contribution is 1.98. The molecule has 0 aromatic carbocycles. The molecule has 0 N–H and O–H groups in total. The number of carbonyl (C=O) groups is 2. The van der Waals surface area contributed by atoms with Crippen LogP contribution in [0, 0.1) is 0 Å². The van der Waals surface area contributed by atoms with Crippen LogP contribution >= 0.6 is 0 Å². The summed E-state index contributed by atoms with van der Waals surface area (Å²) in [6.07, 6.45) is 1.67. The van der Waals surface area contributed by atoms with Crippen LogP contribution in [0.1, 0.15) is 40.0 Å². The Balaban J connectivity index is 0. The second-order valence-corrected chi connectivity index (χ2v) is 2.84. The predicted octanol–water partition coefficient (Wildman–Crippen LogP) is 1.86. The van der Waals surface area contributed by atoms with Crippen LogP contribution in [0.3, 0.4) is 0 Å². The molecule has 0 atom stereocenters. The lowest BCUT2D eigenvalue weighted by molar-refractivity contribution is -0.128. The van der Waals surface area contributed by atoms with E-state index in [1.807, 2.05) is 13.8 Å². The molecule has 0 heterocycles. The first-order chi connectivity index (χ1) is 6.04. The van der Waals surface area contributed by atoms with Crippen LogP contribution in [0.4, 0.5) is 0 Å². The van der Waals surface area contributed by atoms with E-state index in [0.29, 0.717) is 19.3 Å². The summed E-state index contributed by atoms with van der Waals surface area (Å²) >= 11 is 0. The molecule has 0 bridgehead atoms. The number of hydrogen-bond donors (Lipinski definition) is 0. The van der Waals surface area contributed by atoms with Crippen molar-refractivity contribution in [3.05, 3.63) is 0 Å². The van der Waals surface area contributed by atoms with Gasteiger partial charge in [-0.25, -0.2) is 0 Å². The number of amides is 1. The van der Waals surface area contributed by atoms with Gasteiger partial charge in [-0.05, 0) is 13.3 Å². The largest absolute Gasteiger partial charge is 0.349 e. The Labute approximate surface area is 81.1 Å². The molecule has 0 aliphatic rings. The van der Waals surface area contributed by atoms with Gasteiger partial charge in [0.1, 0.15) is 5.78 Å². The molecule has 0 aromatic heterocycles. The van der Waals surface area contributed by atoms with Crippen molar-refractivity contribution in [2.45, 2.75) is 40.0 Å². The smallest absolute Gasteiger partial charge is 0.222 e. The minimum atomic E-state index is 0.0891. The summed E-state index contributed by atoms with van der Waals surface area (Å²) in [4.78, 5) is 23.0. The van der Waals surface area contributed by atoms with Crippen molar-refractivity contribution in [1.29, 1.82) is 0 Å². The van der Waals surface area contributed by atoms with E-state index in [-0.39, 0.29) is 11.7 Å². The van der Waals surface area contributed by atoms with Gasteiger partial charge in [-0.3, -0.25) is 4.79 Å². The Morgan fingerprint density at radius 2 is 1.54 bits per heavy atom. The van der Waals surface area contributed by atoms with Crippen molar-refractivity contribution in [1.82, 2.24) is 4.90 Å². The van der Waals surface area contributed by atoms with Gasteiger partial charge in [0.05, 0.1) is 0 Å². The van der Waals surface area contributed by atoms with E-state index >= 15 is 0 Å². The van der Waals surface area contributed by atoms with Crippen molar-refractivity contribution >= 4 is 11.7 Å². The van der Waals surface area contributed by atoms with Gasteiger partial charge in [-0.15, -0.1) is 0 Å². The molecule has 3 heteroatoms. The van der Waals surface area contributed by atoms with E-state index in [1.54, 1.807) is 25.9 Å². The Kier molecular flexibility index (Phi) is 10.4. The van der Waals surface area contributed by atoms with Crippen LogP contribution < -0.4 is 0 Å². The SMILES string of the molecule is CC.CC(=O)CCCC(=O)N(C)C. The quantitative estimate of drug-likeness (QED) is 0.673. The monoisotopic (exact) mass is 187 g/mol. The third kappa shape index (κ3) is 11.1. The van der Waals surface area contributed by atoms with E-state index in [1.165, 1.54) is 0 Å².